The highest BCUT2D eigenvalue weighted by Crippen LogP contribution is 2.24. The second kappa shape index (κ2) is 10.0. The number of urea groups is 2. The lowest BCUT2D eigenvalue weighted by Gasteiger charge is -2.33. The molecule has 4 rings (SSSR count). The van der Waals surface area contributed by atoms with E-state index in [0.29, 0.717) is 19.1 Å². The largest absolute Gasteiger partial charge is 0.371 e. The lowest BCUT2D eigenvalue weighted by Crippen LogP contribution is -2.51. The molecule has 1 aliphatic carbocycles. The smallest absolute Gasteiger partial charge is 0.321 e. The zero-order chi connectivity index (χ0) is 20.8. The fraction of sp³-hybridized carbons (Fsp3) is 0.652. The molecule has 7 heteroatoms. The number of amides is 4. The van der Waals surface area contributed by atoms with Gasteiger partial charge in [-0.1, -0.05) is 25.3 Å². The summed E-state index contributed by atoms with van der Waals surface area (Å²) in [4.78, 5) is 29.2. The van der Waals surface area contributed by atoms with Crippen LogP contribution in [0.2, 0.25) is 0 Å². The van der Waals surface area contributed by atoms with E-state index in [4.69, 9.17) is 0 Å². The molecule has 2 heterocycles. The maximum absolute atomic E-state index is 12.7. The van der Waals surface area contributed by atoms with Crippen LogP contribution in [0.1, 0.15) is 57.8 Å². The highest BCUT2D eigenvalue weighted by Gasteiger charge is 2.25. The lowest BCUT2D eigenvalue weighted by molar-refractivity contribution is 0.186. The number of piperidine rings is 1. The molecule has 0 aromatic heterocycles. The van der Waals surface area contributed by atoms with Gasteiger partial charge >= 0.3 is 12.1 Å². The van der Waals surface area contributed by atoms with E-state index in [9.17, 15) is 9.59 Å². The number of likely N-dealkylation sites (tertiary alicyclic amines) is 1. The maximum Gasteiger partial charge on any atom is 0.321 e. The molecule has 2 saturated heterocycles. The van der Waals surface area contributed by atoms with E-state index in [1.807, 2.05) is 17.0 Å². The third kappa shape index (κ3) is 5.58. The molecule has 3 N–H and O–H groups in total. The molecular weight excluding hydrogens is 378 g/mol. The number of hydrogen-bond acceptors (Lipinski definition) is 3. The van der Waals surface area contributed by atoms with Crippen LogP contribution in [0.5, 0.6) is 0 Å². The van der Waals surface area contributed by atoms with Crippen LogP contribution in [-0.2, 0) is 0 Å². The Hall–Kier alpha value is -2.44. The molecular formula is C23H35N5O2. The van der Waals surface area contributed by atoms with Crippen molar-refractivity contribution in [3.63, 3.8) is 0 Å². The Morgan fingerprint density at radius 2 is 1.47 bits per heavy atom. The van der Waals surface area contributed by atoms with Crippen molar-refractivity contribution in [3.05, 3.63) is 24.3 Å². The van der Waals surface area contributed by atoms with Crippen molar-refractivity contribution in [2.24, 2.45) is 0 Å². The Labute approximate surface area is 179 Å². The summed E-state index contributed by atoms with van der Waals surface area (Å²) in [6, 6.07) is 8.47. The molecule has 0 unspecified atom stereocenters. The fourth-order valence-corrected chi connectivity index (χ4v) is 4.84. The second-order valence-corrected chi connectivity index (χ2v) is 8.89. The summed E-state index contributed by atoms with van der Waals surface area (Å²) in [5.74, 6) is 0. The summed E-state index contributed by atoms with van der Waals surface area (Å²) in [6.07, 6.45) is 9.92. The second-order valence-electron chi connectivity index (χ2n) is 8.89. The number of anilines is 2. The molecule has 1 saturated carbocycles. The van der Waals surface area contributed by atoms with Gasteiger partial charge in [-0.15, -0.1) is 0 Å². The molecule has 1 aromatic carbocycles. The van der Waals surface area contributed by atoms with Crippen LogP contribution in [0.3, 0.4) is 0 Å². The summed E-state index contributed by atoms with van der Waals surface area (Å²) in [7, 11) is 0. The highest BCUT2D eigenvalue weighted by atomic mass is 16.2. The quantitative estimate of drug-likeness (QED) is 0.700. The Morgan fingerprint density at radius 3 is 2.17 bits per heavy atom. The van der Waals surface area contributed by atoms with Crippen LogP contribution in [0, 0.1) is 0 Å². The molecule has 0 bridgehead atoms. The number of rotatable bonds is 4. The van der Waals surface area contributed by atoms with Gasteiger partial charge in [0.25, 0.3) is 0 Å². The van der Waals surface area contributed by atoms with Gasteiger partial charge in [0, 0.05) is 49.6 Å². The van der Waals surface area contributed by atoms with Crippen molar-refractivity contribution < 1.29 is 9.59 Å². The van der Waals surface area contributed by atoms with Crippen LogP contribution in [0.4, 0.5) is 21.0 Å². The van der Waals surface area contributed by atoms with E-state index in [1.54, 1.807) is 0 Å². The van der Waals surface area contributed by atoms with Crippen LogP contribution in [0.15, 0.2) is 24.3 Å². The number of nitrogens with one attached hydrogen (secondary N) is 3. The molecule has 4 amide bonds. The van der Waals surface area contributed by atoms with Crippen molar-refractivity contribution >= 4 is 23.4 Å². The first-order chi connectivity index (χ1) is 14.7. The number of carbonyl (C=O) groups excluding carboxylic acids is 2. The first-order valence-corrected chi connectivity index (χ1v) is 11.7. The maximum atomic E-state index is 12.7. The Kier molecular flexibility index (Phi) is 6.97. The Balaban J connectivity index is 1.20. The first-order valence-electron chi connectivity index (χ1n) is 11.7. The molecule has 0 spiro atoms. The minimum absolute atomic E-state index is 0.0523. The van der Waals surface area contributed by atoms with E-state index in [-0.39, 0.29) is 18.1 Å². The summed E-state index contributed by atoms with van der Waals surface area (Å²) in [5, 5.41) is 9.26. The first kappa shape index (κ1) is 20.8. The minimum Gasteiger partial charge on any atom is -0.371 e. The van der Waals surface area contributed by atoms with Crippen LogP contribution in [0.25, 0.3) is 0 Å². The average Bonchev–Trinajstić information content (AvgIpc) is 3.30. The van der Waals surface area contributed by atoms with E-state index in [1.165, 1.54) is 37.8 Å². The van der Waals surface area contributed by atoms with Gasteiger partial charge in [-0.3, -0.25) is 0 Å². The predicted octanol–water partition coefficient (Wildman–Crippen LogP) is 3.92. The lowest BCUT2D eigenvalue weighted by atomic mass is 9.96. The molecule has 2 aliphatic heterocycles. The molecule has 3 fully saturated rings. The van der Waals surface area contributed by atoms with Gasteiger partial charge in [0.05, 0.1) is 0 Å². The summed E-state index contributed by atoms with van der Waals surface area (Å²) >= 11 is 0. The van der Waals surface area contributed by atoms with E-state index in [0.717, 1.165) is 44.5 Å². The monoisotopic (exact) mass is 413 g/mol. The highest BCUT2D eigenvalue weighted by molar-refractivity contribution is 5.90. The number of hydrogen-bond donors (Lipinski definition) is 3. The van der Waals surface area contributed by atoms with Crippen molar-refractivity contribution in [1.29, 1.82) is 0 Å². The van der Waals surface area contributed by atoms with Crippen molar-refractivity contribution in [1.82, 2.24) is 15.5 Å². The van der Waals surface area contributed by atoms with Crippen molar-refractivity contribution in [2.75, 3.05) is 36.4 Å². The van der Waals surface area contributed by atoms with Gasteiger partial charge in [-0.2, -0.15) is 0 Å². The number of nitrogens with zero attached hydrogens (tertiary/aromatic N) is 2. The van der Waals surface area contributed by atoms with E-state index >= 15 is 0 Å². The summed E-state index contributed by atoms with van der Waals surface area (Å²) in [6.45, 7) is 3.50. The average molecular weight is 414 g/mol. The Morgan fingerprint density at radius 1 is 0.800 bits per heavy atom. The standard InChI is InChI=1S/C23H35N5O2/c29-22(24-18-7-2-1-3-8-18)25-19-11-15-28(16-12-19)23(30)26-20-9-6-10-21(17-20)27-13-4-5-14-27/h6,9-10,17-19H,1-5,7-8,11-16H2,(H,26,30)(H2,24,25,29). The molecule has 0 radical (unpaired) electrons. The Bertz CT molecular complexity index is 720. The molecule has 3 aliphatic rings. The zero-order valence-electron chi connectivity index (χ0n) is 17.9. The molecule has 164 valence electrons. The fourth-order valence-electron chi connectivity index (χ4n) is 4.84. The van der Waals surface area contributed by atoms with Gasteiger partial charge in [-0.25, -0.2) is 9.59 Å². The summed E-state index contributed by atoms with van der Waals surface area (Å²) < 4.78 is 0. The zero-order valence-corrected chi connectivity index (χ0v) is 17.9. The minimum atomic E-state index is -0.0568. The SMILES string of the molecule is O=C(NC1CCCCC1)NC1CCN(C(=O)Nc2cccc(N3CCCC3)c2)CC1. The van der Waals surface area contributed by atoms with Crippen LogP contribution >= 0.6 is 0 Å². The summed E-state index contributed by atoms with van der Waals surface area (Å²) in [5.41, 5.74) is 2.02. The van der Waals surface area contributed by atoms with Gasteiger partial charge in [-0.05, 0) is 56.7 Å². The van der Waals surface area contributed by atoms with Crippen LogP contribution < -0.4 is 20.9 Å². The number of benzene rings is 1. The topological polar surface area (TPSA) is 76.7 Å². The van der Waals surface area contributed by atoms with Crippen LogP contribution in [-0.4, -0.2) is 55.2 Å². The van der Waals surface area contributed by atoms with E-state index < -0.39 is 0 Å². The normalized spacial score (nSPS) is 20.8. The van der Waals surface area contributed by atoms with Crippen molar-refractivity contribution in [3.8, 4) is 0 Å². The number of carbonyl (C=O) groups is 2. The van der Waals surface area contributed by atoms with Gasteiger partial charge in [0.1, 0.15) is 0 Å². The van der Waals surface area contributed by atoms with Gasteiger partial charge < -0.3 is 25.8 Å². The third-order valence-corrected chi connectivity index (χ3v) is 6.63. The third-order valence-electron chi connectivity index (χ3n) is 6.63. The molecule has 1 aromatic rings. The van der Waals surface area contributed by atoms with Gasteiger partial charge in [0.2, 0.25) is 0 Å². The molecule has 30 heavy (non-hydrogen) atoms. The van der Waals surface area contributed by atoms with E-state index in [2.05, 4.69) is 33.0 Å². The molecule has 7 nitrogen and oxygen atoms in total. The van der Waals surface area contributed by atoms with Gasteiger partial charge in [0.15, 0.2) is 0 Å². The predicted molar refractivity (Wildman–Crippen MR) is 120 cm³/mol. The van der Waals surface area contributed by atoms with Crippen molar-refractivity contribution in [2.45, 2.75) is 69.9 Å². The molecule has 0 atom stereocenters.